The summed E-state index contributed by atoms with van der Waals surface area (Å²) in [4.78, 5) is 23.3. The van der Waals surface area contributed by atoms with Gasteiger partial charge in [-0.25, -0.2) is 0 Å². The van der Waals surface area contributed by atoms with Crippen molar-refractivity contribution in [1.82, 2.24) is 0 Å². The van der Waals surface area contributed by atoms with Crippen LogP contribution in [0.15, 0.2) is 43.0 Å². The van der Waals surface area contributed by atoms with Crippen molar-refractivity contribution in [3.05, 3.63) is 48.6 Å². The molecule has 0 N–H and O–H groups in total. The van der Waals surface area contributed by atoms with Crippen molar-refractivity contribution in [2.75, 3.05) is 13.7 Å². The van der Waals surface area contributed by atoms with Crippen molar-refractivity contribution in [3.8, 4) is 0 Å². The quantitative estimate of drug-likeness (QED) is 0.304. The van der Waals surface area contributed by atoms with E-state index in [4.69, 9.17) is 4.74 Å². The van der Waals surface area contributed by atoms with Crippen molar-refractivity contribution in [2.45, 2.75) is 20.0 Å². The van der Waals surface area contributed by atoms with Gasteiger partial charge in [-0.15, -0.1) is 6.58 Å². The monoisotopic (exact) mass is 290 g/mol. The average molecular weight is 290 g/mol. The molecule has 0 radical (unpaired) electrons. The molecule has 0 heterocycles. The van der Waals surface area contributed by atoms with Gasteiger partial charge in [-0.3, -0.25) is 9.59 Å². The first-order valence-corrected chi connectivity index (χ1v) is 6.92. The normalized spacial score (nSPS) is 13.2. The lowest BCUT2D eigenvalue weighted by Crippen LogP contribution is -2.30. The molecule has 114 valence electrons. The van der Waals surface area contributed by atoms with E-state index in [-0.39, 0.29) is 11.7 Å². The third-order valence-corrected chi connectivity index (χ3v) is 3.33. The van der Waals surface area contributed by atoms with Crippen LogP contribution >= 0.6 is 0 Å². The lowest BCUT2D eigenvalue weighted by Gasteiger charge is -2.20. The van der Waals surface area contributed by atoms with Crippen LogP contribution in [0.5, 0.6) is 0 Å². The topological polar surface area (TPSA) is 52.6 Å². The Hall–Kier alpha value is -1.94. The Balaban J connectivity index is 2.48. The van der Waals surface area contributed by atoms with Gasteiger partial charge in [-0.2, -0.15) is 0 Å². The predicted octanol–water partition coefficient (Wildman–Crippen LogP) is 2.77. The van der Waals surface area contributed by atoms with Crippen molar-refractivity contribution < 1.29 is 19.1 Å². The standard InChI is InChI=1S/C17H22O4/c1-4-15(16(13(2)18)17(19)20-3)10-11-21-12-14-8-6-5-7-9-14/h4-9,15-16H,1,10-12H2,2-3H3. The molecule has 1 aromatic rings. The summed E-state index contributed by atoms with van der Waals surface area (Å²) < 4.78 is 10.3. The number of ketones is 1. The Morgan fingerprint density at radius 1 is 1.29 bits per heavy atom. The Morgan fingerprint density at radius 2 is 1.95 bits per heavy atom. The van der Waals surface area contributed by atoms with E-state index in [1.54, 1.807) is 6.08 Å². The van der Waals surface area contributed by atoms with E-state index in [1.807, 2.05) is 30.3 Å². The molecule has 2 unspecified atom stereocenters. The van der Waals surface area contributed by atoms with Gasteiger partial charge in [-0.05, 0) is 24.8 Å². The Bertz CT molecular complexity index is 467. The fraction of sp³-hybridized carbons (Fsp3) is 0.412. The van der Waals surface area contributed by atoms with Crippen LogP contribution in [-0.4, -0.2) is 25.5 Å². The van der Waals surface area contributed by atoms with Gasteiger partial charge < -0.3 is 9.47 Å². The molecule has 2 atom stereocenters. The highest BCUT2D eigenvalue weighted by Gasteiger charge is 2.31. The van der Waals surface area contributed by atoms with E-state index >= 15 is 0 Å². The molecule has 21 heavy (non-hydrogen) atoms. The fourth-order valence-corrected chi connectivity index (χ4v) is 2.17. The minimum absolute atomic E-state index is 0.213. The van der Waals surface area contributed by atoms with E-state index in [2.05, 4.69) is 11.3 Å². The van der Waals surface area contributed by atoms with Crippen LogP contribution in [-0.2, 0) is 25.7 Å². The maximum atomic E-state index is 11.7. The highest BCUT2D eigenvalue weighted by molar-refractivity contribution is 5.98. The van der Waals surface area contributed by atoms with Gasteiger partial charge in [0.2, 0.25) is 0 Å². The first kappa shape index (κ1) is 17.1. The van der Waals surface area contributed by atoms with E-state index in [9.17, 15) is 9.59 Å². The molecule has 1 aromatic carbocycles. The lowest BCUT2D eigenvalue weighted by atomic mass is 9.87. The van der Waals surface area contributed by atoms with Crippen LogP contribution in [0.2, 0.25) is 0 Å². The average Bonchev–Trinajstić information content (AvgIpc) is 2.50. The van der Waals surface area contributed by atoms with Crippen LogP contribution in [0.1, 0.15) is 18.9 Å². The zero-order valence-electron chi connectivity index (χ0n) is 12.6. The third kappa shape index (κ3) is 5.52. The maximum absolute atomic E-state index is 11.7. The molecular formula is C17H22O4. The zero-order valence-corrected chi connectivity index (χ0v) is 12.6. The van der Waals surface area contributed by atoms with Gasteiger partial charge in [0.25, 0.3) is 0 Å². The maximum Gasteiger partial charge on any atom is 0.316 e. The number of ether oxygens (including phenoxy) is 2. The number of allylic oxidation sites excluding steroid dienone is 1. The van der Waals surface area contributed by atoms with Gasteiger partial charge in [-0.1, -0.05) is 36.4 Å². The van der Waals surface area contributed by atoms with Crippen molar-refractivity contribution >= 4 is 11.8 Å². The predicted molar refractivity (Wildman–Crippen MR) is 80.6 cm³/mol. The van der Waals surface area contributed by atoms with Crippen LogP contribution in [0, 0.1) is 11.8 Å². The van der Waals surface area contributed by atoms with Gasteiger partial charge in [0.15, 0.2) is 0 Å². The molecule has 0 aliphatic heterocycles. The Morgan fingerprint density at radius 3 is 2.48 bits per heavy atom. The summed E-state index contributed by atoms with van der Waals surface area (Å²) in [6.07, 6.45) is 2.17. The highest BCUT2D eigenvalue weighted by Crippen LogP contribution is 2.20. The van der Waals surface area contributed by atoms with Crippen molar-refractivity contribution in [3.63, 3.8) is 0 Å². The van der Waals surface area contributed by atoms with Crippen LogP contribution in [0.4, 0.5) is 0 Å². The van der Waals surface area contributed by atoms with Crippen LogP contribution in [0.3, 0.4) is 0 Å². The van der Waals surface area contributed by atoms with Gasteiger partial charge in [0.1, 0.15) is 11.7 Å². The van der Waals surface area contributed by atoms with Gasteiger partial charge in [0, 0.05) is 6.61 Å². The second-order valence-electron chi connectivity index (χ2n) is 4.84. The molecule has 0 saturated carbocycles. The number of rotatable bonds is 9. The van der Waals surface area contributed by atoms with E-state index in [0.717, 1.165) is 5.56 Å². The number of Topliss-reactive ketones (excluding diaryl/α,β-unsaturated/α-hetero) is 1. The van der Waals surface area contributed by atoms with Crippen LogP contribution in [0.25, 0.3) is 0 Å². The number of hydrogen-bond acceptors (Lipinski definition) is 4. The van der Waals surface area contributed by atoms with Crippen molar-refractivity contribution in [2.24, 2.45) is 11.8 Å². The molecule has 0 aromatic heterocycles. The molecule has 1 rings (SSSR count). The molecule has 0 bridgehead atoms. The summed E-state index contributed by atoms with van der Waals surface area (Å²) >= 11 is 0. The zero-order chi connectivity index (χ0) is 15.7. The molecule has 0 aliphatic carbocycles. The number of hydrogen-bond donors (Lipinski definition) is 0. The summed E-state index contributed by atoms with van der Waals surface area (Å²) in [5.41, 5.74) is 1.09. The van der Waals surface area contributed by atoms with E-state index in [1.165, 1.54) is 14.0 Å². The first-order chi connectivity index (χ1) is 10.1. The summed E-state index contributed by atoms with van der Waals surface area (Å²) in [6.45, 7) is 6.05. The van der Waals surface area contributed by atoms with E-state index < -0.39 is 11.9 Å². The first-order valence-electron chi connectivity index (χ1n) is 6.92. The molecule has 0 fully saturated rings. The molecule has 0 spiro atoms. The van der Waals surface area contributed by atoms with Crippen molar-refractivity contribution in [1.29, 1.82) is 0 Å². The lowest BCUT2D eigenvalue weighted by molar-refractivity contribution is -0.150. The van der Waals surface area contributed by atoms with Gasteiger partial charge in [0.05, 0.1) is 13.7 Å². The fourth-order valence-electron chi connectivity index (χ4n) is 2.17. The smallest absolute Gasteiger partial charge is 0.316 e. The molecule has 0 saturated heterocycles. The second-order valence-corrected chi connectivity index (χ2v) is 4.84. The number of esters is 1. The molecule has 4 heteroatoms. The Labute approximate surface area is 125 Å². The largest absolute Gasteiger partial charge is 0.468 e. The highest BCUT2D eigenvalue weighted by atomic mass is 16.5. The molecule has 4 nitrogen and oxygen atoms in total. The minimum atomic E-state index is -0.798. The molecule has 0 amide bonds. The summed E-state index contributed by atoms with van der Waals surface area (Å²) in [5.74, 6) is -1.80. The second kappa shape index (κ2) is 9.08. The SMILES string of the molecule is C=CC(CCOCc1ccccc1)C(C(C)=O)C(=O)OC. The Kier molecular flexibility index (Phi) is 7.40. The minimum Gasteiger partial charge on any atom is -0.468 e. The molecule has 0 aliphatic rings. The van der Waals surface area contributed by atoms with Gasteiger partial charge >= 0.3 is 5.97 Å². The molecular weight excluding hydrogens is 268 g/mol. The summed E-state index contributed by atoms with van der Waals surface area (Å²) in [5, 5.41) is 0. The third-order valence-electron chi connectivity index (χ3n) is 3.33. The number of methoxy groups -OCH3 is 1. The summed E-state index contributed by atoms with van der Waals surface area (Å²) in [6, 6.07) is 9.82. The summed E-state index contributed by atoms with van der Waals surface area (Å²) in [7, 11) is 1.28. The number of benzene rings is 1. The number of carbonyl (C=O) groups is 2. The van der Waals surface area contributed by atoms with E-state index in [0.29, 0.717) is 19.6 Å². The number of carbonyl (C=O) groups excluding carboxylic acids is 2. The van der Waals surface area contributed by atoms with Crippen LogP contribution < -0.4 is 0 Å².